The highest BCUT2D eigenvalue weighted by Gasteiger charge is 2.43. The Bertz CT molecular complexity index is 4410. The molecule has 22 heteroatoms. The van der Waals surface area contributed by atoms with Crippen LogP contribution in [0.1, 0.15) is 131 Å². The number of fused-ring (bicyclic) bond motifs is 2. The molecule has 3 heterocycles. The lowest BCUT2D eigenvalue weighted by atomic mass is 9.71. The van der Waals surface area contributed by atoms with Crippen molar-refractivity contribution >= 4 is 57.7 Å². The summed E-state index contributed by atoms with van der Waals surface area (Å²) in [5.74, 6) is 0.575. The fourth-order valence-electron chi connectivity index (χ4n) is 13.3. The first-order chi connectivity index (χ1) is 51.0. The van der Waals surface area contributed by atoms with Crippen molar-refractivity contribution in [3.05, 3.63) is 252 Å². The number of rotatable bonds is 12. The minimum atomic E-state index is -0.433. The molecule has 540 valence electrons. The van der Waals surface area contributed by atoms with E-state index in [-0.39, 0.29) is 37.6 Å². The van der Waals surface area contributed by atoms with E-state index >= 15 is 0 Å². The summed E-state index contributed by atoms with van der Waals surface area (Å²) in [5.41, 5.74) is 54.2. The third kappa shape index (κ3) is 21.1. The lowest BCUT2D eigenvalue weighted by Crippen LogP contribution is -2.45. The summed E-state index contributed by atoms with van der Waals surface area (Å²) >= 11 is 0. The largest absolute Gasteiger partial charge is 0.446 e. The molecule has 0 saturated heterocycles. The number of alkyl carbamates (subject to hydrolysis) is 2. The van der Waals surface area contributed by atoms with Crippen molar-refractivity contribution in [2.24, 2.45) is 22.0 Å². The molecule has 10 aromatic rings. The molecule has 0 spiro atoms. The van der Waals surface area contributed by atoms with E-state index in [0.717, 1.165) is 132 Å². The van der Waals surface area contributed by atoms with Gasteiger partial charge in [0.15, 0.2) is 0 Å². The van der Waals surface area contributed by atoms with Gasteiger partial charge in [-0.1, -0.05) is 203 Å². The summed E-state index contributed by atoms with van der Waals surface area (Å²) in [4.78, 5) is 24.7. The number of anilines is 6. The van der Waals surface area contributed by atoms with Gasteiger partial charge >= 0.3 is 12.2 Å². The number of amides is 2. The van der Waals surface area contributed by atoms with E-state index in [2.05, 4.69) is 47.3 Å². The van der Waals surface area contributed by atoms with Crippen LogP contribution in [-0.2, 0) is 35.4 Å². The molecule has 4 unspecified atom stereocenters. The van der Waals surface area contributed by atoms with Gasteiger partial charge in [-0.3, -0.25) is 0 Å². The van der Waals surface area contributed by atoms with Gasteiger partial charge in [-0.2, -0.15) is 10.2 Å². The second-order valence-corrected chi connectivity index (χ2v) is 25.7. The van der Waals surface area contributed by atoms with Crippen LogP contribution in [-0.4, -0.2) is 66.4 Å². The van der Waals surface area contributed by atoms with Gasteiger partial charge in [-0.25, -0.2) is 9.59 Å². The van der Waals surface area contributed by atoms with Crippen LogP contribution in [0.2, 0.25) is 0 Å². The summed E-state index contributed by atoms with van der Waals surface area (Å²) in [6, 6.07) is 65.5. The molecule has 8 aromatic carbocycles. The van der Waals surface area contributed by atoms with Gasteiger partial charge in [0.05, 0.1) is 22.8 Å². The van der Waals surface area contributed by atoms with E-state index in [9.17, 15) is 9.59 Å². The van der Waals surface area contributed by atoms with Crippen LogP contribution in [0.15, 0.2) is 229 Å². The van der Waals surface area contributed by atoms with Crippen LogP contribution in [0.3, 0.4) is 0 Å². The van der Waals surface area contributed by atoms with E-state index in [4.69, 9.17) is 64.9 Å². The molecule has 14 N–H and O–H groups in total. The average Bonchev–Trinajstić information content (AvgIpc) is 0.770. The van der Waals surface area contributed by atoms with Crippen LogP contribution in [0, 0.1) is 22.6 Å². The van der Waals surface area contributed by atoms with Crippen LogP contribution >= 0.6 is 0 Å². The highest BCUT2D eigenvalue weighted by molar-refractivity contribution is 6.15. The highest BCUT2D eigenvalue weighted by Crippen LogP contribution is 2.41. The number of nitrogens with one attached hydrogen (secondary N) is 2. The van der Waals surface area contributed by atoms with E-state index < -0.39 is 6.09 Å². The van der Waals surface area contributed by atoms with Crippen LogP contribution in [0.25, 0.3) is 45.3 Å². The molecular weight excluding hydrogens is 1310 g/mol. The smallest absolute Gasteiger partial charge is 0.407 e. The fourth-order valence-corrected chi connectivity index (χ4v) is 13.3. The summed E-state index contributed by atoms with van der Waals surface area (Å²) in [6.07, 6.45) is 20.1. The minimum Gasteiger partial charge on any atom is -0.446 e. The molecule has 22 nitrogen and oxygen atoms in total. The van der Waals surface area contributed by atoms with Gasteiger partial charge in [0.1, 0.15) is 12.2 Å². The summed E-state index contributed by atoms with van der Waals surface area (Å²) in [7, 11) is 0. The van der Waals surface area contributed by atoms with Crippen molar-refractivity contribution in [2.45, 2.75) is 135 Å². The Morgan fingerprint density at radius 3 is 1.21 bits per heavy atom. The van der Waals surface area contributed by atoms with E-state index in [1.807, 2.05) is 200 Å². The number of nitrogen functional groups attached to an aromatic ring is 6. The Labute approximate surface area is 614 Å². The Balaban J connectivity index is 0.000000166. The molecule has 2 amide bonds. The number of carbonyl (C=O) groups is 2. The first-order valence-electron chi connectivity index (χ1n) is 35.5. The van der Waals surface area contributed by atoms with Crippen LogP contribution < -0.4 is 45.0 Å². The summed E-state index contributed by atoms with van der Waals surface area (Å²) in [6.45, 7) is 0.913. The maximum atomic E-state index is 13.0. The maximum absolute atomic E-state index is 13.0. The SMILES string of the molecule is C.N#N.Nc1ccccc1-c1nnc(-c2ccccc2N)c2c1CCCCCC2.Nc1ccccc1-c1nnc(-c2ccccc2N)nn1.Nc1ccccc1C1=NN=C(c2ccccc2N)C2C(OC(=O)NCc3ccccc3)CCCCCC12.O=C(NCc1ccccc1)OC1/C=C/CCCCC1. The van der Waals surface area contributed by atoms with Crippen molar-refractivity contribution in [3.8, 4) is 45.3 Å². The van der Waals surface area contributed by atoms with Crippen molar-refractivity contribution < 1.29 is 19.1 Å². The molecule has 1 aliphatic heterocycles. The molecule has 1 saturated carbocycles. The van der Waals surface area contributed by atoms with E-state index in [0.29, 0.717) is 58.6 Å². The number of ether oxygens (including phenoxy) is 2. The Morgan fingerprint density at radius 2 is 0.752 bits per heavy atom. The molecule has 105 heavy (non-hydrogen) atoms. The third-order valence-corrected chi connectivity index (χ3v) is 18.6. The topological polar surface area (TPSA) is 382 Å². The molecule has 3 aliphatic carbocycles. The standard InChI is InChI=1S/C30H33N5O2.C22H24N4.C16H21NO2.C14H12N6.CH4.N2/c31-24-16-9-7-13-21(24)28-23-15-5-2-6-18-26(37-30(36)33-19-20-11-3-1-4-12-20)27(23)29(35-34-28)22-14-8-10-17-25(22)32;23-19-13-7-5-11-17(19)21-15-9-3-1-2-4-10-16(15)22(26-25-21)18-12-6-8-14-20(18)24;18-16(17-13-14-9-5-4-6-10-14)19-15-11-7-2-1-3-8-12-15;15-11-7-3-1-5-9(11)13-17-19-14(20-18-13)10-6-2-4-8-12(10)16;;1-2/h1,3-4,7-14,16-17,23,26-27H,2,5-6,15,18-19,31-32H2,(H,33,36);5-8,11-14H,1-4,9-10,23-24H2;4-7,9-11,15H,1-3,8,12-13H2,(H,17,18);1-8H,15-16H2;1H4;/b;;11-7+;;;. The van der Waals surface area contributed by atoms with Crippen molar-refractivity contribution in [1.29, 1.82) is 10.8 Å². The first kappa shape index (κ1) is 76.8. The zero-order valence-corrected chi connectivity index (χ0v) is 58.4. The van der Waals surface area contributed by atoms with Gasteiger partial charge < -0.3 is 54.5 Å². The molecule has 0 bridgehead atoms. The van der Waals surface area contributed by atoms with Crippen molar-refractivity contribution in [2.75, 3.05) is 34.4 Å². The normalized spacial score (nSPS) is 16.9. The van der Waals surface area contributed by atoms with Gasteiger partial charge in [-0.15, -0.1) is 30.6 Å². The van der Waals surface area contributed by atoms with Gasteiger partial charge in [0.2, 0.25) is 11.6 Å². The lowest BCUT2D eigenvalue weighted by Gasteiger charge is -2.38. The predicted molar refractivity (Wildman–Crippen MR) is 419 cm³/mol. The number of nitrogens with two attached hydrogens (primary N) is 6. The van der Waals surface area contributed by atoms with Crippen LogP contribution in [0.5, 0.6) is 0 Å². The fraction of sp³-hybridized carbons (Fsp3) is 0.277. The summed E-state index contributed by atoms with van der Waals surface area (Å²) < 4.78 is 11.6. The van der Waals surface area contributed by atoms with Crippen LogP contribution in [0.4, 0.5) is 43.7 Å². The molecule has 1 fully saturated rings. The summed E-state index contributed by atoms with van der Waals surface area (Å²) in [5, 5.41) is 52.7. The molecule has 14 rings (SSSR count). The number of hydrogen-bond acceptors (Lipinski definition) is 20. The van der Waals surface area contributed by atoms with Gasteiger partial charge in [0.25, 0.3) is 0 Å². The number of benzene rings is 8. The zero-order chi connectivity index (χ0) is 72.8. The quantitative estimate of drug-likeness (QED) is 0.0320. The molecule has 2 aromatic heterocycles. The number of carbonyl (C=O) groups excluding carboxylic acids is 2. The predicted octanol–water partition coefficient (Wildman–Crippen LogP) is 16.4. The zero-order valence-electron chi connectivity index (χ0n) is 58.4. The molecule has 0 radical (unpaired) electrons. The molecule has 4 aliphatic rings. The molecule has 4 atom stereocenters. The van der Waals surface area contributed by atoms with E-state index in [1.54, 1.807) is 12.1 Å². The van der Waals surface area contributed by atoms with E-state index in [1.165, 1.54) is 49.7 Å². The number of hydrogen-bond donors (Lipinski definition) is 8. The third-order valence-electron chi connectivity index (χ3n) is 18.6. The van der Waals surface area contributed by atoms with Crippen molar-refractivity contribution in [3.63, 3.8) is 0 Å². The molecular formula is C83H94N18O4. The number of para-hydroxylation sites is 6. The second kappa shape index (κ2) is 39.7. The second-order valence-electron chi connectivity index (χ2n) is 25.7. The Kier molecular flexibility index (Phi) is 29.1. The van der Waals surface area contributed by atoms with Gasteiger partial charge in [-0.05, 0) is 147 Å². The van der Waals surface area contributed by atoms with Crippen molar-refractivity contribution in [1.82, 2.24) is 41.2 Å². The Hall–Kier alpha value is -12.4. The number of aromatic nitrogens is 6. The average molecular weight is 1410 g/mol. The number of nitrogens with zero attached hydrogens (tertiary/aromatic N) is 10. The monoisotopic (exact) mass is 1410 g/mol. The number of allylic oxidation sites excluding steroid dienone is 1. The highest BCUT2D eigenvalue weighted by atomic mass is 16.6. The Morgan fingerprint density at radius 1 is 0.390 bits per heavy atom. The first-order valence-corrected chi connectivity index (χ1v) is 35.5. The maximum Gasteiger partial charge on any atom is 0.407 e. The lowest BCUT2D eigenvalue weighted by molar-refractivity contribution is 0.0577. The minimum absolute atomic E-state index is 0. The van der Waals surface area contributed by atoms with Gasteiger partial charge in [0, 0.05) is 103 Å².